The quantitative estimate of drug-likeness (QED) is 0.383. The van der Waals surface area contributed by atoms with Gasteiger partial charge in [0.1, 0.15) is 5.78 Å². The molecule has 1 fully saturated rings. The number of amides is 1. The molecular weight excluding hydrogens is 415 g/mol. The van der Waals surface area contributed by atoms with Crippen molar-refractivity contribution in [3.63, 3.8) is 0 Å². The highest BCUT2D eigenvalue weighted by molar-refractivity contribution is 6.44. The number of carboxylic acids is 1. The van der Waals surface area contributed by atoms with Crippen LogP contribution in [0.2, 0.25) is 10.0 Å². The number of anilines is 1. The molecule has 28 heavy (non-hydrogen) atoms. The molecule has 1 amide bonds. The minimum Gasteiger partial charge on any atom is -0.481 e. The van der Waals surface area contributed by atoms with Crippen LogP contribution in [0.5, 0.6) is 0 Å². The number of carboxylic acid groups (broad SMARTS) is 1. The molecule has 1 aromatic carbocycles. The van der Waals surface area contributed by atoms with Gasteiger partial charge >= 0.3 is 5.97 Å². The number of halogens is 2. The highest BCUT2D eigenvalue weighted by atomic mass is 35.5. The maximum Gasteiger partial charge on any atom is 0.304 e. The molecule has 1 saturated carbocycles. The Morgan fingerprint density at radius 3 is 2.57 bits per heavy atom. The second-order valence-electron chi connectivity index (χ2n) is 6.60. The number of nitrogens with one attached hydrogen (secondary N) is 1. The maximum absolute atomic E-state index is 12.6. The third kappa shape index (κ3) is 4.66. The molecule has 1 aliphatic rings. The lowest BCUT2D eigenvalue weighted by Crippen LogP contribution is -2.46. The van der Waals surface area contributed by atoms with Crippen LogP contribution < -0.4 is 5.32 Å². The summed E-state index contributed by atoms with van der Waals surface area (Å²) >= 11 is 11.7. The van der Waals surface area contributed by atoms with Crippen LogP contribution >= 0.6 is 23.2 Å². The van der Waals surface area contributed by atoms with Gasteiger partial charge in [-0.25, -0.2) is 0 Å². The van der Waals surface area contributed by atoms with E-state index in [9.17, 15) is 29.3 Å². The Bertz CT molecular complexity index is 858. The first-order valence-electron chi connectivity index (χ1n) is 8.21. The van der Waals surface area contributed by atoms with Gasteiger partial charge in [-0.15, -0.1) is 0 Å². The van der Waals surface area contributed by atoms with Crippen molar-refractivity contribution < 1.29 is 29.2 Å². The Morgan fingerprint density at radius 2 is 2.00 bits per heavy atom. The Hall–Kier alpha value is -2.52. The van der Waals surface area contributed by atoms with E-state index in [1.165, 1.54) is 25.1 Å². The van der Waals surface area contributed by atoms with E-state index < -0.39 is 58.6 Å². The number of Topliss-reactive ketones (excluding diaryl/α,β-unsaturated/α-hetero) is 2. The van der Waals surface area contributed by atoms with Crippen LogP contribution in [0.1, 0.15) is 19.8 Å². The van der Waals surface area contributed by atoms with Crippen LogP contribution in [-0.4, -0.2) is 39.5 Å². The monoisotopic (exact) mass is 430 g/mol. The van der Waals surface area contributed by atoms with Crippen LogP contribution in [0.15, 0.2) is 18.2 Å². The maximum atomic E-state index is 12.6. The zero-order valence-corrected chi connectivity index (χ0v) is 16.1. The molecule has 1 aliphatic carbocycles. The fourth-order valence-electron chi connectivity index (χ4n) is 3.51. The van der Waals surface area contributed by atoms with Crippen molar-refractivity contribution >= 4 is 52.3 Å². The molecule has 0 aliphatic heterocycles. The number of rotatable bonds is 7. The molecule has 4 atom stereocenters. The van der Waals surface area contributed by atoms with E-state index in [1.807, 2.05) is 0 Å². The van der Waals surface area contributed by atoms with E-state index >= 15 is 0 Å². The smallest absolute Gasteiger partial charge is 0.304 e. The number of aliphatic carboxylic acids is 1. The van der Waals surface area contributed by atoms with E-state index in [1.54, 1.807) is 0 Å². The predicted octanol–water partition coefficient (Wildman–Crippen LogP) is 2.46. The van der Waals surface area contributed by atoms with E-state index in [4.69, 9.17) is 28.3 Å². The molecule has 2 rings (SSSR count). The number of nitro groups is 1. The van der Waals surface area contributed by atoms with Gasteiger partial charge in [-0.2, -0.15) is 0 Å². The molecular formula is C17H16Cl2N2O7. The summed E-state index contributed by atoms with van der Waals surface area (Å²) in [4.78, 5) is 58.7. The van der Waals surface area contributed by atoms with E-state index in [-0.39, 0.29) is 22.2 Å². The molecule has 0 bridgehead atoms. The summed E-state index contributed by atoms with van der Waals surface area (Å²) in [6, 6.07) is 2.04. The first-order chi connectivity index (χ1) is 13.0. The summed E-state index contributed by atoms with van der Waals surface area (Å²) in [6.45, 7) is 1.51. The Kier molecular flexibility index (Phi) is 6.73. The number of hydrogen-bond acceptors (Lipinski definition) is 6. The molecule has 0 saturated heterocycles. The standard InChI is InChI=1S/C17H16Cl2N2O7/c1-7-4-12(22)9(6-13(23)24)14(7)15(21(27)28)16(25)17(26)20-11-5-8(18)2-3-10(11)19/h2-3,5,7,9,14-15H,4,6H2,1H3,(H,20,26)(H,23,24)/t7-,9-,14-,15+/m1/s1. The Labute approximate surface area is 169 Å². The first-order valence-corrected chi connectivity index (χ1v) is 8.96. The second-order valence-corrected chi connectivity index (χ2v) is 7.45. The van der Waals surface area contributed by atoms with Crippen molar-refractivity contribution in [1.82, 2.24) is 0 Å². The van der Waals surface area contributed by atoms with Gasteiger partial charge in [0.25, 0.3) is 17.7 Å². The number of hydrogen-bond donors (Lipinski definition) is 2. The van der Waals surface area contributed by atoms with Crippen molar-refractivity contribution in [2.45, 2.75) is 25.8 Å². The number of carbonyl (C=O) groups is 4. The summed E-state index contributed by atoms with van der Waals surface area (Å²) in [5.74, 6) is -7.52. The molecule has 0 spiro atoms. The molecule has 11 heteroatoms. The third-order valence-electron chi connectivity index (χ3n) is 4.71. The lowest BCUT2D eigenvalue weighted by atomic mass is 9.80. The molecule has 0 heterocycles. The van der Waals surface area contributed by atoms with Gasteiger partial charge in [0, 0.05) is 28.2 Å². The number of carbonyl (C=O) groups excluding carboxylic acids is 3. The molecule has 0 unspecified atom stereocenters. The normalized spacial score (nSPS) is 22.5. The largest absolute Gasteiger partial charge is 0.481 e. The molecule has 9 nitrogen and oxygen atoms in total. The van der Waals surface area contributed by atoms with Crippen LogP contribution in [0.3, 0.4) is 0 Å². The van der Waals surface area contributed by atoms with Gasteiger partial charge < -0.3 is 10.4 Å². The highest BCUT2D eigenvalue weighted by Gasteiger charge is 2.54. The van der Waals surface area contributed by atoms with E-state index in [0.29, 0.717) is 0 Å². The molecule has 0 aromatic heterocycles. The van der Waals surface area contributed by atoms with Crippen molar-refractivity contribution in [3.8, 4) is 0 Å². The van der Waals surface area contributed by atoms with Crippen LogP contribution in [-0.2, 0) is 19.2 Å². The summed E-state index contributed by atoms with van der Waals surface area (Å²) in [5.41, 5.74) is -0.00718. The second kappa shape index (κ2) is 8.66. The van der Waals surface area contributed by atoms with Crippen LogP contribution in [0.4, 0.5) is 5.69 Å². The van der Waals surface area contributed by atoms with Gasteiger partial charge in [0.2, 0.25) is 0 Å². The molecule has 2 N–H and O–H groups in total. The lowest BCUT2D eigenvalue weighted by Gasteiger charge is -2.22. The topological polar surface area (TPSA) is 144 Å². The third-order valence-corrected chi connectivity index (χ3v) is 5.28. The van der Waals surface area contributed by atoms with Gasteiger partial charge in [-0.05, 0) is 24.1 Å². The number of benzene rings is 1. The Morgan fingerprint density at radius 1 is 1.36 bits per heavy atom. The summed E-state index contributed by atoms with van der Waals surface area (Å²) in [7, 11) is 0. The van der Waals surface area contributed by atoms with Gasteiger partial charge in [-0.1, -0.05) is 30.1 Å². The summed E-state index contributed by atoms with van der Waals surface area (Å²) in [6.07, 6.45) is -0.741. The van der Waals surface area contributed by atoms with Crippen molar-refractivity contribution in [2.24, 2.45) is 17.8 Å². The van der Waals surface area contributed by atoms with Gasteiger partial charge in [0.15, 0.2) is 0 Å². The fourth-order valence-corrected chi connectivity index (χ4v) is 3.84. The number of nitrogens with zero attached hydrogens (tertiary/aromatic N) is 1. The zero-order valence-electron chi connectivity index (χ0n) is 14.6. The van der Waals surface area contributed by atoms with E-state index in [0.717, 1.165) is 0 Å². The van der Waals surface area contributed by atoms with Crippen molar-refractivity contribution in [1.29, 1.82) is 0 Å². The average molecular weight is 431 g/mol. The molecule has 1 aromatic rings. The van der Waals surface area contributed by atoms with Crippen molar-refractivity contribution in [3.05, 3.63) is 38.4 Å². The number of ketones is 2. The van der Waals surface area contributed by atoms with Gasteiger partial charge in [0.05, 0.1) is 17.1 Å². The lowest BCUT2D eigenvalue weighted by molar-refractivity contribution is -0.518. The highest BCUT2D eigenvalue weighted by Crippen LogP contribution is 2.40. The SMILES string of the molecule is C[C@@H]1CC(=O)[C@@H](CC(=O)O)[C@@H]1[C@@H](C(=O)C(=O)Nc1cc(Cl)ccc1Cl)[N+](=O)[O-]. The zero-order chi connectivity index (χ0) is 21.2. The molecule has 0 radical (unpaired) electrons. The fraction of sp³-hybridized carbons (Fsp3) is 0.412. The van der Waals surface area contributed by atoms with E-state index in [2.05, 4.69) is 5.32 Å². The minimum atomic E-state index is -2.05. The summed E-state index contributed by atoms with van der Waals surface area (Å²) < 4.78 is 0. The Balaban J connectivity index is 2.31. The minimum absolute atomic E-state index is 0.00718. The summed E-state index contributed by atoms with van der Waals surface area (Å²) in [5, 5.41) is 23.1. The van der Waals surface area contributed by atoms with Crippen molar-refractivity contribution in [2.75, 3.05) is 5.32 Å². The van der Waals surface area contributed by atoms with Crippen LogP contribution in [0.25, 0.3) is 0 Å². The van der Waals surface area contributed by atoms with Gasteiger partial charge in [-0.3, -0.25) is 29.3 Å². The molecule has 150 valence electrons. The first kappa shape index (κ1) is 21.8. The average Bonchev–Trinajstić information content (AvgIpc) is 2.84. The van der Waals surface area contributed by atoms with Crippen LogP contribution in [0, 0.1) is 27.9 Å². The predicted molar refractivity (Wildman–Crippen MR) is 98.9 cm³/mol.